The first-order chi connectivity index (χ1) is 18.0. The van der Waals surface area contributed by atoms with Gasteiger partial charge in [-0.2, -0.15) is 13.2 Å². The van der Waals surface area contributed by atoms with Gasteiger partial charge in [0.05, 0.1) is 15.5 Å². The Morgan fingerprint density at radius 2 is 1.74 bits per heavy atom. The molecule has 3 amide bonds. The van der Waals surface area contributed by atoms with Crippen LogP contribution in [0.4, 0.5) is 29.3 Å². The maximum atomic E-state index is 13.9. The minimum absolute atomic E-state index is 0.00560. The zero-order valence-corrected chi connectivity index (χ0v) is 20.0. The lowest BCUT2D eigenvalue weighted by Crippen LogP contribution is -2.34. The summed E-state index contributed by atoms with van der Waals surface area (Å²) >= 11 is 5.91. The Bertz CT molecular complexity index is 1480. The number of imide groups is 1. The molecule has 0 unspecified atom stereocenters. The van der Waals surface area contributed by atoms with Gasteiger partial charge in [0.1, 0.15) is 22.6 Å². The third kappa shape index (κ3) is 5.59. The van der Waals surface area contributed by atoms with Gasteiger partial charge < -0.3 is 10.1 Å². The highest BCUT2D eigenvalue weighted by Gasteiger charge is 2.36. The van der Waals surface area contributed by atoms with E-state index in [4.69, 9.17) is 16.3 Å². The van der Waals surface area contributed by atoms with Gasteiger partial charge in [-0.25, -0.2) is 4.79 Å². The predicted octanol–water partition coefficient (Wildman–Crippen LogP) is 6.54. The molecular weight excluding hydrogens is 531 g/mol. The maximum Gasteiger partial charge on any atom is 0.420 e. The number of halogens is 4. The highest BCUT2D eigenvalue weighted by Crippen LogP contribution is 2.43. The summed E-state index contributed by atoms with van der Waals surface area (Å²) < 4.78 is 47.2. The van der Waals surface area contributed by atoms with Crippen LogP contribution in [-0.2, 0) is 12.6 Å². The van der Waals surface area contributed by atoms with Crippen LogP contribution in [0.3, 0.4) is 0 Å². The Morgan fingerprint density at radius 3 is 2.42 bits per heavy atom. The van der Waals surface area contributed by atoms with E-state index in [1.165, 1.54) is 18.2 Å². The van der Waals surface area contributed by atoms with Crippen molar-refractivity contribution in [2.45, 2.75) is 25.4 Å². The second-order valence-electron chi connectivity index (χ2n) is 8.17. The van der Waals surface area contributed by atoms with Crippen LogP contribution in [0.1, 0.15) is 44.7 Å². The van der Waals surface area contributed by atoms with Gasteiger partial charge in [0.25, 0.3) is 11.6 Å². The van der Waals surface area contributed by atoms with Crippen LogP contribution in [0.2, 0.25) is 5.02 Å². The number of alkyl halides is 3. The Hall–Kier alpha value is -4.45. The lowest BCUT2D eigenvalue weighted by Gasteiger charge is -2.20. The number of benzene rings is 3. The normalized spacial score (nSPS) is 12.9. The van der Waals surface area contributed by atoms with Gasteiger partial charge >= 0.3 is 12.2 Å². The number of nitro groups is 1. The van der Waals surface area contributed by atoms with E-state index in [1.54, 1.807) is 6.07 Å². The van der Waals surface area contributed by atoms with Crippen molar-refractivity contribution < 1.29 is 37.2 Å². The molecule has 0 saturated heterocycles. The fraction of sp³-hybridized carbons (Fsp3) is 0.160. The molecule has 1 aliphatic rings. The molecule has 0 aromatic heterocycles. The van der Waals surface area contributed by atoms with Crippen LogP contribution in [0.15, 0.2) is 54.6 Å². The summed E-state index contributed by atoms with van der Waals surface area (Å²) in [4.78, 5) is 47.5. The summed E-state index contributed by atoms with van der Waals surface area (Å²) in [5.41, 5.74) is -2.02. The van der Waals surface area contributed by atoms with Crippen molar-refractivity contribution in [3.63, 3.8) is 0 Å². The zero-order valence-electron chi connectivity index (χ0n) is 19.2. The van der Waals surface area contributed by atoms with Crippen LogP contribution in [-0.4, -0.2) is 22.6 Å². The Balaban J connectivity index is 1.60. The van der Waals surface area contributed by atoms with Crippen molar-refractivity contribution in [1.82, 2.24) is 5.32 Å². The number of anilines is 1. The highest BCUT2D eigenvalue weighted by molar-refractivity contribution is 6.34. The first-order valence-electron chi connectivity index (χ1n) is 11.0. The number of hydrogen-bond acceptors (Lipinski definition) is 6. The largest absolute Gasteiger partial charge is 0.456 e. The third-order valence-corrected chi connectivity index (χ3v) is 5.99. The molecule has 4 rings (SSSR count). The lowest BCUT2D eigenvalue weighted by molar-refractivity contribution is -0.385. The van der Waals surface area contributed by atoms with Crippen molar-refractivity contribution in [2.24, 2.45) is 0 Å². The quantitative estimate of drug-likeness (QED) is 0.276. The number of ketones is 1. The SMILES string of the molecule is O=C(NC(=O)c1ccccc1Cl)Nc1ccc(Oc2ccc([N+](=O)[O-])c3c2CCCC3=O)c(C(F)(F)F)c1. The van der Waals surface area contributed by atoms with Crippen LogP contribution >= 0.6 is 11.6 Å². The molecule has 2 N–H and O–H groups in total. The number of Topliss-reactive ketones (excluding diaryl/α,β-unsaturated/α-hetero) is 1. The van der Waals surface area contributed by atoms with E-state index in [-0.39, 0.29) is 46.0 Å². The van der Waals surface area contributed by atoms with Gasteiger partial charge in [-0.15, -0.1) is 0 Å². The molecule has 0 saturated carbocycles. The fourth-order valence-electron chi connectivity index (χ4n) is 3.99. The van der Waals surface area contributed by atoms with Gasteiger partial charge in [0.15, 0.2) is 5.78 Å². The first-order valence-corrected chi connectivity index (χ1v) is 11.4. The number of hydrogen-bond donors (Lipinski definition) is 2. The molecule has 1 aliphatic carbocycles. The lowest BCUT2D eigenvalue weighted by atomic mass is 9.88. The number of carbonyl (C=O) groups is 3. The number of urea groups is 1. The molecule has 0 spiro atoms. The van der Waals surface area contributed by atoms with E-state index in [2.05, 4.69) is 5.32 Å². The van der Waals surface area contributed by atoms with E-state index in [1.807, 2.05) is 5.32 Å². The van der Waals surface area contributed by atoms with E-state index in [9.17, 15) is 37.7 Å². The summed E-state index contributed by atoms with van der Waals surface area (Å²) in [6.07, 6.45) is -4.28. The first kappa shape index (κ1) is 26.6. The van der Waals surface area contributed by atoms with Gasteiger partial charge in [-0.1, -0.05) is 23.7 Å². The van der Waals surface area contributed by atoms with Gasteiger partial charge in [-0.3, -0.25) is 25.0 Å². The predicted molar refractivity (Wildman–Crippen MR) is 130 cm³/mol. The van der Waals surface area contributed by atoms with Crippen LogP contribution in [0.25, 0.3) is 0 Å². The highest BCUT2D eigenvalue weighted by atomic mass is 35.5. The van der Waals surface area contributed by atoms with Crippen LogP contribution in [0.5, 0.6) is 11.5 Å². The summed E-state index contributed by atoms with van der Waals surface area (Å²) in [7, 11) is 0. The summed E-state index contributed by atoms with van der Waals surface area (Å²) in [5.74, 6) is -2.12. The van der Waals surface area contributed by atoms with Crippen molar-refractivity contribution in [3.05, 3.63) is 92.0 Å². The number of nitrogens with one attached hydrogen (secondary N) is 2. The van der Waals surface area contributed by atoms with Crippen molar-refractivity contribution in [2.75, 3.05) is 5.32 Å². The molecule has 9 nitrogen and oxygen atoms in total. The fourth-order valence-corrected chi connectivity index (χ4v) is 4.21. The summed E-state index contributed by atoms with van der Waals surface area (Å²) in [6.45, 7) is 0. The molecule has 196 valence electrons. The second-order valence-corrected chi connectivity index (χ2v) is 8.58. The average molecular weight is 548 g/mol. The molecule has 3 aromatic rings. The number of nitro benzene ring substituents is 1. The topological polar surface area (TPSA) is 128 Å². The number of nitrogens with zero attached hydrogens (tertiary/aromatic N) is 1. The second kappa shape index (κ2) is 10.5. The van der Waals surface area contributed by atoms with Crippen molar-refractivity contribution in [1.29, 1.82) is 0 Å². The number of rotatable bonds is 5. The molecule has 13 heteroatoms. The molecule has 0 fully saturated rings. The van der Waals surface area contributed by atoms with Crippen molar-refractivity contribution in [3.8, 4) is 11.5 Å². The smallest absolute Gasteiger partial charge is 0.420 e. The molecule has 38 heavy (non-hydrogen) atoms. The van der Waals surface area contributed by atoms with E-state index >= 15 is 0 Å². The Kier molecular flexibility index (Phi) is 7.35. The van der Waals surface area contributed by atoms with Gasteiger partial charge in [0, 0.05) is 23.7 Å². The number of carbonyl (C=O) groups excluding carboxylic acids is 3. The number of fused-ring (bicyclic) bond motifs is 1. The Morgan fingerprint density at radius 1 is 1.03 bits per heavy atom. The molecule has 0 heterocycles. The minimum atomic E-state index is -4.92. The molecular formula is C25H17ClF3N3O6. The van der Waals surface area contributed by atoms with E-state index in [0.717, 1.165) is 24.3 Å². The van der Waals surface area contributed by atoms with Gasteiger partial charge in [0.2, 0.25) is 0 Å². The average Bonchev–Trinajstić information content (AvgIpc) is 2.84. The molecule has 0 aliphatic heterocycles. The number of ether oxygens (including phenoxy) is 1. The molecule has 0 bridgehead atoms. The third-order valence-electron chi connectivity index (χ3n) is 5.66. The molecule has 3 aromatic carbocycles. The van der Waals surface area contributed by atoms with E-state index < -0.39 is 45.8 Å². The van der Waals surface area contributed by atoms with Gasteiger partial charge in [-0.05, 0) is 49.2 Å². The minimum Gasteiger partial charge on any atom is -0.456 e. The summed E-state index contributed by atoms with van der Waals surface area (Å²) in [5, 5.41) is 15.6. The van der Waals surface area contributed by atoms with Crippen LogP contribution in [0, 0.1) is 10.1 Å². The van der Waals surface area contributed by atoms with Crippen LogP contribution < -0.4 is 15.4 Å². The van der Waals surface area contributed by atoms with Crippen molar-refractivity contribution >= 4 is 40.7 Å². The maximum absolute atomic E-state index is 13.9. The number of amides is 3. The standard InChI is InChI=1S/C25H17ClF3N3O6/c26-17-6-2-1-4-14(17)23(34)31-24(35)30-13-8-10-21(16(12-13)25(27,28)29)38-20-11-9-18(32(36)37)22-15(20)5-3-7-19(22)33/h1-2,4,6,8-12H,3,5,7H2,(H2,30,31,34,35). The monoisotopic (exact) mass is 547 g/mol. The van der Waals surface area contributed by atoms with E-state index in [0.29, 0.717) is 12.5 Å². The summed E-state index contributed by atoms with van der Waals surface area (Å²) in [6, 6.07) is 9.63. The molecule has 0 atom stereocenters. The zero-order chi connectivity index (χ0) is 27.6. The Labute approximate surface area is 217 Å². The molecule has 0 radical (unpaired) electrons.